The molecule has 3 rings (SSSR count). The van der Waals surface area contributed by atoms with Gasteiger partial charge in [0.15, 0.2) is 0 Å². The molecule has 5 nitrogen and oxygen atoms in total. The van der Waals surface area contributed by atoms with Gasteiger partial charge in [0.1, 0.15) is 11.6 Å². The van der Waals surface area contributed by atoms with Crippen LogP contribution in [0.1, 0.15) is 12.0 Å². The van der Waals surface area contributed by atoms with Gasteiger partial charge in [-0.15, -0.1) is 0 Å². The maximum atomic E-state index is 13.6. The number of rotatable bonds is 6. The van der Waals surface area contributed by atoms with Crippen LogP contribution >= 0.6 is 0 Å². The average molecular weight is 356 g/mol. The van der Waals surface area contributed by atoms with Crippen molar-refractivity contribution in [3.05, 3.63) is 59.9 Å². The van der Waals surface area contributed by atoms with E-state index in [4.69, 9.17) is 4.74 Å². The quantitative estimate of drug-likeness (QED) is 0.865. The van der Waals surface area contributed by atoms with Crippen LogP contribution in [0.2, 0.25) is 0 Å². The minimum atomic E-state index is -0.423. The van der Waals surface area contributed by atoms with Gasteiger partial charge in [-0.05, 0) is 30.2 Å². The average Bonchev–Trinajstić information content (AvgIpc) is 3.05. The van der Waals surface area contributed by atoms with Gasteiger partial charge < -0.3 is 15.0 Å². The van der Waals surface area contributed by atoms with Gasteiger partial charge in [-0.1, -0.05) is 30.3 Å². The van der Waals surface area contributed by atoms with E-state index < -0.39 is 5.92 Å². The molecule has 0 aliphatic carbocycles. The molecule has 0 spiro atoms. The third kappa shape index (κ3) is 3.85. The standard InChI is InChI=1S/C20H21FN2O3/c1-26-18-9-5-4-8-17(18)23-13-15(12-19(23)24)20(25)22-11-10-14-6-2-3-7-16(14)21/h2-9,15H,10-13H2,1H3,(H,22,25). The molecular weight excluding hydrogens is 335 g/mol. The molecule has 1 fully saturated rings. The van der Waals surface area contributed by atoms with E-state index >= 15 is 0 Å². The Bertz CT molecular complexity index is 809. The lowest BCUT2D eigenvalue weighted by molar-refractivity contribution is -0.126. The third-order valence-electron chi connectivity index (χ3n) is 4.52. The summed E-state index contributed by atoms with van der Waals surface area (Å²) >= 11 is 0. The number of halogens is 1. The Labute approximate surface area is 151 Å². The Kier molecular flexibility index (Phi) is 5.51. The normalized spacial score (nSPS) is 16.6. The molecule has 6 heteroatoms. The van der Waals surface area contributed by atoms with Crippen molar-refractivity contribution in [2.24, 2.45) is 5.92 Å². The topological polar surface area (TPSA) is 58.6 Å². The lowest BCUT2D eigenvalue weighted by Crippen LogP contribution is -2.34. The summed E-state index contributed by atoms with van der Waals surface area (Å²) in [7, 11) is 1.55. The van der Waals surface area contributed by atoms with Gasteiger partial charge in [0.2, 0.25) is 11.8 Å². The van der Waals surface area contributed by atoms with E-state index in [2.05, 4.69) is 5.32 Å². The number of methoxy groups -OCH3 is 1. The first-order valence-corrected chi connectivity index (χ1v) is 8.54. The zero-order chi connectivity index (χ0) is 18.5. The number of carbonyl (C=O) groups is 2. The lowest BCUT2D eigenvalue weighted by atomic mass is 10.1. The van der Waals surface area contributed by atoms with Gasteiger partial charge in [0.25, 0.3) is 0 Å². The molecule has 0 saturated carbocycles. The molecule has 1 atom stereocenters. The number of nitrogens with zero attached hydrogens (tertiary/aromatic N) is 1. The summed E-state index contributed by atoms with van der Waals surface area (Å²) < 4.78 is 18.9. The molecule has 26 heavy (non-hydrogen) atoms. The Morgan fingerprint density at radius 1 is 1.23 bits per heavy atom. The number of amides is 2. The SMILES string of the molecule is COc1ccccc1N1CC(C(=O)NCCc2ccccc2F)CC1=O. The van der Waals surface area contributed by atoms with E-state index in [9.17, 15) is 14.0 Å². The summed E-state index contributed by atoms with van der Waals surface area (Å²) in [4.78, 5) is 26.3. The molecule has 2 amide bonds. The summed E-state index contributed by atoms with van der Waals surface area (Å²) in [5.74, 6) is -0.398. The number of para-hydroxylation sites is 2. The van der Waals surface area contributed by atoms with Crippen LogP contribution in [0, 0.1) is 11.7 Å². The molecular formula is C20H21FN2O3. The zero-order valence-corrected chi connectivity index (χ0v) is 14.6. The fourth-order valence-corrected chi connectivity index (χ4v) is 3.13. The molecule has 1 heterocycles. The molecule has 2 aromatic carbocycles. The van der Waals surface area contributed by atoms with Gasteiger partial charge >= 0.3 is 0 Å². The second-order valence-corrected chi connectivity index (χ2v) is 6.21. The number of hydrogen-bond donors (Lipinski definition) is 1. The summed E-state index contributed by atoms with van der Waals surface area (Å²) in [6.45, 7) is 0.643. The van der Waals surface area contributed by atoms with Gasteiger partial charge in [0.05, 0.1) is 18.7 Å². The molecule has 0 aromatic heterocycles. The largest absolute Gasteiger partial charge is 0.495 e. The second-order valence-electron chi connectivity index (χ2n) is 6.21. The number of nitrogens with one attached hydrogen (secondary N) is 1. The zero-order valence-electron chi connectivity index (χ0n) is 14.6. The van der Waals surface area contributed by atoms with Crippen molar-refractivity contribution < 1.29 is 18.7 Å². The summed E-state index contributed by atoms with van der Waals surface area (Å²) in [6.07, 6.45) is 0.568. The maximum Gasteiger partial charge on any atom is 0.227 e. The highest BCUT2D eigenvalue weighted by molar-refractivity contribution is 6.01. The van der Waals surface area contributed by atoms with E-state index in [1.165, 1.54) is 6.07 Å². The van der Waals surface area contributed by atoms with Crippen LogP contribution in [0.5, 0.6) is 5.75 Å². The molecule has 0 bridgehead atoms. The van der Waals surface area contributed by atoms with Gasteiger partial charge in [-0.3, -0.25) is 9.59 Å². The Morgan fingerprint density at radius 3 is 2.73 bits per heavy atom. The highest BCUT2D eigenvalue weighted by Crippen LogP contribution is 2.32. The molecule has 2 aromatic rings. The van der Waals surface area contributed by atoms with Crippen molar-refractivity contribution in [1.82, 2.24) is 5.32 Å². The molecule has 1 aliphatic rings. The number of hydrogen-bond acceptors (Lipinski definition) is 3. The number of benzene rings is 2. The Hall–Kier alpha value is -2.89. The highest BCUT2D eigenvalue weighted by Gasteiger charge is 2.36. The molecule has 1 N–H and O–H groups in total. The maximum absolute atomic E-state index is 13.6. The third-order valence-corrected chi connectivity index (χ3v) is 4.52. The van der Waals surface area contributed by atoms with Gasteiger partial charge in [0, 0.05) is 19.5 Å². The van der Waals surface area contributed by atoms with Crippen LogP contribution in [-0.4, -0.2) is 32.0 Å². The van der Waals surface area contributed by atoms with Gasteiger partial charge in [-0.25, -0.2) is 4.39 Å². The van der Waals surface area contributed by atoms with Crippen molar-refractivity contribution in [2.75, 3.05) is 25.1 Å². The molecule has 1 saturated heterocycles. The fraction of sp³-hybridized carbons (Fsp3) is 0.300. The highest BCUT2D eigenvalue weighted by atomic mass is 19.1. The molecule has 136 valence electrons. The lowest BCUT2D eigenvalue weighted by Gasteiger charge is -2.19. The molecule has 1 unspecified atom stereocenters. The Balaban J connectivity index is 1.58. The number of anilines is 1. The first-order chi connectivity index (χ1) is 12.6. The van der Waals surface area contributed by atoms with Crippen LogP contribution < -0.4 is 15.0 Å². The van der Waals surface area contributed by atoms with E-state index in [0.29, 0.717) is 36.5 Å². The van der Waals surface area contributed by atoms with Gasteiger partial charge in [-0.2, -0.15) is 0 Å². The fourth-order valence-electron chi connectivity index (χ4n) is 3.13. The van der Waals surface area contributed by atoms with Crippen LogP contribution in [0.15, 0.2) is 48.5 Å². The van der Waals surface area contributed by atoms with E-state index in [1.54, 1.807) is 42.3 Å². The Morgan fingerprint density at radius 2 is 1.96 bits per heavy atom. The minimum Gasteiger partial charge on any atom is -0.495 e. The van der Waals surface area contributed by atoms with Crippen molar-refractivity contribution in [1.29, 1.82) is 0 Å². The predicted octanol–water partition coefficient (Wildman–Crippen LogP) is 2.55. The van der Waals surface area contributed by atoms with E-state index in [0.717, 1.165) is 0 Å². The summed E-state index contributed by atoms with van der Waals surface area (Å²) in [5, 5.41) is 2.81. The number of ether oxygens (including phenoxy) is 1. The van der Waals surface area contributed by atoms with E-state index in [1.807, 2.05) is 12.1 Å². The van der Waals surface area contributed by atoms with Crippen molar-refractivity contribution in [3.63, 3.8) is 0 Å². The van der Waals surface area contributed by atoms with Crippen molar-refractivity contribution in [3.8, 4) is 5.75 Å². The first kappa shape index (κ1) is 17.9. The van der Waals surface area contributed by atoms with E-state index in [-0.39, 0.29) is 24.1 Å². The van der Waals surface area contributed by atoms with Crippen LogP contribution in [0.3, 0.4) is 0 Å². The molecule has 1 aliphatic heterocycles. The van der Waals surface area contributed by atoms with Crippen LogP contribution in [-0.2, 0) is 16.0 Å². The number of carbonyl (C=O) groups excluding carboxylic acids is 2. The monoisotopic (exact) mass is 356 g/mol. The van der Waals surface area contributed by atoms with Crippen LogP contribution in [0.4, 0.5) is 10.1 Å². The smallest absolute Gasteiger partial charge is 0.227 e. The van der Waals surface area contributed by atoms with Crippen LogP contribution in [0.25, 0.3) is 0 Å². The summed E-state index contributed by atoms with van der Waals surface area (Å²) in [5.41, 5.74) is 1.23. The predicted molar refractivity (Wildman–Crippen MR) is 96.6 cm³/mol. The second kappa shape index (κ2) is 7.99. The summed E-state index contributed by atoms with van der Waals surface area (Å²) in [6, 6.07) is 13.7. The molecule has 0 radical (unpaired) electrons. The van der Waals surface area contributed by atoms with Crippen molar-refractivity contribution in [2.45, 2.75) is 12.8 Å². The first-order valence-electron chi connectivity index (χ1n) is 8.54. The van der Waals surface area contributed by atoms with Crippen molar-refractivity contribution >= 4 is 17.5 Å². The minimum absolute atomic E-state index is 0.108.